The minimum Gasteiger partial charge on any atom is -0.455 e. The fraction of sp³-hybridized carbons (Fsp3) is 0. The zero-order valence-corrected chi connectivity index (χ0v) is 36.7. The van der Waals surface area contributed by atoms with E-state index in [1.165, 1.54) is 0 Å². The third-order valence-electron chi connectivity index (χ3n) is 12.1. The molecule has 0 amide bonds. The van der Waals surface area contributed by atoms with Crippen molar-refractivity contribution in [1.82, 2.24) is 19.5 Å². The molecule has 0 fully saturated rings. The number of rotatable bonds is 9. The van der Waals surface area contributed by atoms with Crippen LogP contribution in [0.1, 0.15) is 31.5 Å². The Morgan fingerprint density at radius 2 is 0.855 bits per heavy atom. The quantitative estimate of drug-likeness (QED) is 0.107. The van der Waals surface area contributed by atoms with Crippen LogP contribution in [0.15, 0.2) is 259 Å². The molecule has 5 nitrogen and oxygen atoms in total. The average Bonchev–Trinajstić information content (AvgIpc) is 1.49. The zero-order chi connectivity index (χ0) is 65.7. The molecule has 0 spiro atoms. The van der Waals surface area contributed by atoms with Gasteiger partial charge in [0.15, 0.2) is 25.5 Å². The van der Waals surface area contributed by atoms with Crippen LogP contribution in [0.4, 0.5) is 0 Å². The summed E-state index contributed by atoms with van der Waals surface area (Å²) in [6.45, 7) is 0. The highest BCUT2D eigenvalue weighted by molar-refractivity contribution is 7.19. The average molecular weight is 922 g/mol. The molecule has 324 valence electrons. The summed E-state index contributed by atoms with van der Waals surface area (Å²) >= 11 is 0. The van der Waals surface area contributed by atoms with E-state index in [1.807, 2.05) is 103 Å². The van der Waals surface area contributed by atoms with Gasteiger partial charge in [-0.3, -0.25) is 0 Å². The lowest BCUT2D eigenvalue weighted by molar-refractivity contribution is 0.670. The molecule has 3 aromatic heterocycles. The van der Waals surface area contributed by atoms with Crippen LogP contribution in [-0.4, -0.2) is 27.6 Å². The molecule has 6 heteroatoms. The van der Waals surface area contributed by atoms with Gasteiger partial charge in [-0.05, 0) is 56.5 Å². The van der Waals surface area contributed by atoms with Crippen molar-refractivity contribution in [2.24, 2.45) is 0 Å². The molecule has 0 aliphatic rings. The highest BCUT2D eigenvalue weighted by Gasteiger charge is 2.41. The monoisotopic (exact) mass is 921 g/mol. The van der Waals surface area contributed by atoms with Crippen molar-refractivity contribution in [3.63, 3.8) is 0 Å². The Labute approximate surface area is 432 Å². The van der Waals surface area contributed by atoms with Crippen molar-refractivity contribution in [2.75, 3.05) is 0 Å². The number of furan rings is 1. The van der Waals surface area contributed by atoms with E-state index in [-0.39, 0.29) is 16.8 Å². The SMILES string of the molecule is [2H]c1c([2H])c([2H])c(-c2c([2H])c([2H])c([2H])c3c2oc2c([2H])c([2H])c([2H])c([2H])c23)c(-c2nc(-c3cccc([Si](c4ccccc4)(c4ccccc4)c4ccccc4)c3)nc(-c3c([2H])c([2H])c([2H])c([2H])c3-n3c4c([2H])c([2H])c([2H])c([2H])c4c4c([2H])c([2H])c([2H])c([2H])c43)n2)c1[2H]. The number of benzene rings is 10. The first kappa shape index (κ1) is 23.2. The molecule has 0 bridgehead atoms. The molecular weight excluding hydrogens is 857 g/mol. The van der Waals surface area contributed by atoms with E-state index in [1.54, 1.807) is 12.1 Å². The number of hydrogen-bond acceptors (Lipinski definition) is 4. The first-order valence-electron chi connectivity index (χ1n) is 33.0. The van der Waals surface area contributed by atoms with E-state index in [2.05, 4.69) is 0 Å². The van der Waals surface area contributed by atoms with Crippen LogP contribution < -0.4 is 20.7 Å². The number of fused-ring (bicyclic) bond motifs is 6. The lowest BCUT2D eigenvalue weighted by atomic mass is 9.97. The molecule has 3 heterocycles. The molecule has 0 saturated carbocycles. The standard InChI is InChI=1S/C63H42N4OSi/c1-4-23-44(24-5-1)69(45-25-6-2-7-26-45,46-27-8-3-9-28-46)47-29-20-22-43(42-47)61-64-62(54-34-11-10-30-48(54)52-36-21-37-53-51-33-15-19-41-59(51)68-60(52)53)66-63(65-61)55-35-14-18-40-58(55)67-56-38-16-12-31-49(56)50-32-13-17-39-57(50)67/h1-42H/i10D,11D,12D,13D,14D,15D,16D,17D,18D,19D,21D,30D,31D,32D,33D,34D,35D,36D,37D,38D,39D,40D,41D. The number of nitrogens with zero attached hydrogens (tertiary/aromatic N) is 4. The summed E-state index contributed by atoms with van der Waals surface area (Å²) in [6, 6.07) is 17.3. The van der Waals surface area contributed by atoms with Crippen molar-refractivity contribution >= 4 is 72.6 Å². The first-order valence-corrected chi connectivity index (χ1v) is 23.5. The molecule has 10 aromatic carbocycles. The number of hydrogen-bond donors (Lipinski definition) is 0. The van der Waals surface area contributed by atoms with Gasteiger partial charge in [0.05, 0.1) is 48.2 Å². The number of aromatic nitrogens is 4. The third-order valence-corrected chi connectivity index (χ3v) is 16.8. The molecular formula is C63H42N4OSi. The van der Waals surface area contributed by atoms with Gasteiger partial charge < -0.3 is 8.98 Å². The fourth-order valence-electron chi connectivity index (χ4n) is 9.14. The molecule has 0 atom stereocenters. The minimum absolute atomic E-state index is 0.174. The molecule has 0 unspecified atom stereocenters. The van der Waals surface area contributed by atoms with E-state index in [0.29, 0.717) is 0 Å². The van der Waals surface area contributed by atoms with Gasteiger partial charge in [-0.1, -0.05) is 224 Å². The Balaban J connectivity index is 1.23. The second kappa shape index (κ2) is 16.7. The summed E-state index contributed by atoms with van der Waals surface area (Å²) in [5, 5.41) is 1.88. The van der Waals surface area contributed by atoms with Crippen LogP contribution >= 0.6 is 0 Å². The Morgan fingerprint density at radius 3 is 1.51 bits per heavy atom. The van der Waals surface area contributed by atoms with Crippen LogP contribution in [0.5, 0.6) is 0 Å². The normalized spacial score (nSPS) is 16.4. The largest absolute Gasteiger partial charge is 0.455 e. The van der Waals surface area contributed by atoms with Crippen LogP contribution in [-0.2, 0) is 0 Å². The number of para-hydroxylation sites is 5. The molecule has 0 aliphatic carbocycles. The van der Waals surface area contributed by atoms with E-state index in [4.69, 9.17) is 33.1 Å². The third kappa shape index (κ3) is 6.64. The van der Waals surface area contributed by atoms with E-state index in [9.17, 15) is 17.8 Å². The highest BCUT2D eigenvalue weighted by atomic mass is 28.3. The van der Waals surface area contributed by atoms with Crippen LogP contribution in [0.2, 0.25) is 0 Å². The van der Waals surface area contributed by atoms with Gasteiger partial charge in [-0.2, -0.15) is 0 Å². The highest BCUT2D eigenvalue weighted by Crippen LogP contribution is 2.41. The molecule has 69 heavy (non-hydrogen) atoms. The first-order chi connectivity index (χ1) is 43.8. The Bertz CT molecular complexity index is 5230. The van der Waals surface area contributed by atoms with Crippen molar-refractivity contribution in [2.45, 2.75) is 0 Å². The predicted molar refractivity (Wildman–Crippen MR) is 287 cm³/mol. The molecule has 0 N–H and O–H groups in total. The van der Waals surface area contributed by atoms with Crippen molar-refractivity contribution in [1.29, 1.82) is 0 Å². The summed E-state index contributed by atoms with van der Waals surface area (Å²) in [5.41, 5.74) is -5.29. The maximum atomic E-state index is 9.87. The van der Waals surface area contributed by atoms with Crippen molar-refractivity contribution < 1.29 is 35.9 Å². The van der Waals surface area contributed by atoms with E-state index < -0.39 is 225 Å². The van der Waals surface area contributed by atoms with Crippen LogP contribution in [0.25, 0.3) is 94.7 Å². The van der Waals surface area contributed by atoms with Gasteiger partial charge in [-0.25, -0.2) is 15.0 Å². The second-order valence-corrected chi connectivity index (χ2v) is 19.6. The molecule has 13 aromatic rings. The lowest BCUT2D eigenvalue weighted by Gasteiger charge is -2.34. The van der Waals surface area contributed by atoms with E-state index in [0.717, 1.165) is 25.3 Å². The van der Waals surface area contributed by atoms with Gasteiger partial charge in [0.25, 0.3) is 0 Å². The Hall–Kier alpha value is -8.97. The van der Waals surface area contributed by atoms with Crippen molar-refractivity contribution in [3.05, 3.63) is 254 Å². The smallest absolute Gasteiger partial charge is 0.179 e. The maximum absolute atomic E-state index is 9.87. The summed E-state index contributed by atoms with van der Waals surface area (Å²) in [4.78, 5) is 14.8. The Morgan fingerprint density at radius 1 is 0.377 bits per heavy atom. The summed E-state index contributed by atoms with van der Waals surface area (Å²) in [7, 11) is -3.45. The zero-order valence-electron chi connectivity index (χ0n) is 58.7. The molecule has 0 aliphatic heterocycles. The van der Waals surface area contributed by atoms with Gasteiger partial charge in [-0.15, -0.1) is 0 Å². The summed E-state index contributed by atoms with van der Waals surface area (Å²) < 4.78 is 218. The summed E-state index contributed by atoms with van der Waals surface area (Å²) in [6.07, 6.45) is 0. The van der Waals surface area contributed by atoms with Crippen molar-refractivity contribution in [3.8, 4) is 51.0 Å². The predicted octanol–water partition coefficient (Wildman–Crippen LogP) is 12.9. The summed E-state index contributed by atoms with van der Waals surface area (Å²) in [5.74, 6) is -1.75. The van der Waals surface area contributed by atoms with Gasteiger partial charge >= 0.3 is 0 Å². The van der Waals surface area contributed by atoms with E-state index >= 15 is 0 Å². The van der Waals surface area contributed by atoms with Gasteiger partial charge in [0.2, 0.25) is 0 Å². The van der Waals surface area contributed by atoms with Crippen LogP contribution in [0, 0.1) is 0 Å². The second-order valence-electron chi connectivity index (χ2n) is 15.8. The van der Waals surface area contributed by atoms with Crippen LogP contribution in [0.3, 0.4) is 0 Å². The van der Waals surface area contributed by atoms with Gasteiger partial charge in [0.1, 0.15) is 11.2 Å². The molecule has 13 rings (SSSR count). The molecule has 0 radical (unpaired) electrons. The Kier molecular flexibility index (Phi) is 5.61. The maximum Gasteiger partial charge on any atom is 0.179 e. The topological polar surface area (TPSA) is 56.7 Å². The van der Waals surface area contributed by atoms with Gasteiger partial charge in [0, 0.05) is 43.8 Å². The lowest BCUT2D eigenvalue weighted by Crippen LogP contribution is -2.74. The molecule has 0 saturated heterocycles. The fourth-order valence-corrected chi connectivity index (χ4v) is 13.9. The minimum atomic E-state index is -3.45.